The molecule has 0 saturated carbocycles. The zero-order valence-electron chi connectivity index (χ0n) is 15.5. The molecular formula is C21H15Cl2FN2O4. The molecule has 2 N–H and O–H groups in total. The van der Waals surface area contributed by atoms with Gasteiger partial charge in [0.15, 0.2) is 0 Å². The number of amides is 1. The average Bonchev–Trinajstić information content (AvgIpc) is 2.72. The fraction of sp³-hybridized carbons (Fsp3) is 0.0952. The van der Waals surface area contributed by atoms with Crippen LogP contribution in [0.15, 0.2) is 54.7 Å². The van der Waals surface area contributed by atoms with Crippen molar-refractivity contribution in [2.24, 2.45) is 0 Å². The highest BCUT2D eigenvalue weighted by atomic mass is 35.5. The zero-order chi connectivity index (χ0) is 21.8. The number of carboxylic acids is 1. The molecule has 0 spiro atoms. The maximum Gasteiger partial charge on any atom is 0.335 e. The molecular weight excluding hydrogens is 434 g/mol. The van der Waals surface area contributed by atoms with E-state index in [2.05, 4.69) is 10.3 Å². The summed E-state index contributed by atoms with van der Waals surface area (Å²) in [5, 5.41) is 11.9. The Bertz CT molecular complexity index is 1110. The number of halogens is 3. The SMILES string of the molecule is CC(NC(=O)c1cc(Cl)cnc1Oc1ccc(Cl)c(F)c1)c1ccc(C(=O)O)cc1. The van der Waals surface area contributed by atoms with E-state index in [1.807, 2.05) is 0 Å². The van der Waals surface area contributed by atoms with Crippen LogP contribution in [0.2, 0.25) is 10.0 Å². The number of carboxylic acid groups (broad SMARTS) is 1. The summed E-state index contributed by atoms with van der Waals surface area (Å²) in [5.41, 5.74) is 0.889. The first-order valence-corrected chi connectivity index (χ1v) is 9.42. The molecule has 9 heteroatoms. The first kappa shape index (κ1) is 21.5. The molecule has 1 atom stereocenters. The summed E-state index contributed by atoms with van der Waals surface area (Å²) >= 11 is 11.6. The normalized spacial score (nSPS) is 11.6. The quantitative estimate of drug-likeness (QED) is 0.518. The molecule has 0 fully saturated rings. The Labute approximate surface area is 181 Å². The minimum Gasteiger partial charge on any atom is -0.478 e. The molecule has 2 aromatic carbocycles. The second kappa shape index (κ2) is 9.11. The number of nitrogens with zero attached hydrogens (tertiary/aromatic N) is 1. The van der Waals surface area contributed by atoms with Gasteiger partial charge in [0.2, 0.25) is 5.88 Å². The molecule has 154 valence electrons. The van der Waals surface area contributed by atoms with Gasteiger partial charge in [0, 0.05) is 12.3 Å². The van der Waals surface area contributed by atoms with E-state index in [4.69, 9.17) is 33.0 Å². The number of benzene rings is 2. The molecule has 0 bridgehead atoms. The predicted octanol–water partition coefficient (Wildman–Crippen LogP) is 5.51. The fourth-order valence-electron chi connectivity index (χ4n) is 2.59. The van der Waals surface area contributed by atoms with Crippen LogP contribution in [0, 0.1) is 5.82 Å². The molecule has 30 heavy (non-hydrogen) atoms. The van der Waals surface area contributed by atoms with Gasteiger partial charge in [-0.2, -0.15) is 0 Å². The number of hydrogen-bond donors (Lipinski definition) is 2. The van der Waals surface area contributed by atoms with Crippen molar-refractivity contribution < 1.29 is 23.8 Å². The van der Waals surface area contributed by atoms with Gasteiger partial charge in [-0.1, -0.05) is 35.3 Å². The zero-order valence-corrected chi connectivity index (χ0v) is 17.0. The van der Waals surface area contributed by atoms with Gasteiger partial charge in [-0.3, -0.25) is 4.79 Å². The Morgan fingerprint density at radius 3 is 2.47 bits per heavy atom. The van der Waals surface area contributed by atoms with E-state index in [0.29, 0.717) is 5.56 Å². The van der Waals surface area contributed by atoms with Crippen molar-refractivity contribution >= 4 is 35.1 Å². The lowest BCUT2D eigenvalue weighted by atomic mass is 10.1. The van der Waals surface area contributed by atoms with Crippen LogP contribution in [0.5, 0.6) is 11.6 Å². The Balaban J connectivity index is 1.81. The van der Waals surface area contributed by atoms with Gasteiger partial charge < -0.3 is 15.2 Å². The topological polar surface area (TPSA) is 88.5 Å². The van der Waals surface area contributed by atoms with Gasteiger partial charge in [-0.05, 0) is 42.8 Å². The lowest BCUT2D eigenvalue weighted by Gasteiger charge is -2.16. The average molecular weight is 449 g/mol. The number of carbonyl (C=O) groups excluding carboxylic acids is 1. The Hall–Kier alpha value is -3.16. The third-order valence-corrected chi connectivity index (χ3v) is 4.69. The number of ether oxygens (including phenoxy) is 1. The Kier molecular flexibility index (Phi) is 6.54. The third-order valence-electron chi connectivity index (χ3n) is 4.17. The van der Waals surface area contributed by atoms with Crippen LogP contribution in [0.25, 0.3) is 0 Å². The van der Waals surface area contributed by atoms with Crippen LogP contribution in [-0.4, -0.2) is 22.0 Å². The predicted molar refractivity (Wildman–Crippen MR) is 110 cm³/mol. The minimum absolute atomic E-state index is 0.0480. The Morgan fingerprint density at radius 2 is 1.83 bits per heavy atom. The summed E-state index contributed by atoms with van der Waals surface area (Å²) in [6.07, 6.45) is 1.30. The van der Waals surface area contributed by atoms with Crippen molar-refractivity contribution in [1.82, 2.24) is 10.3 Å². The number of pyridine rings is 1. The molecule has 1 heterocycles. The molecule has 1 aromatic heterocycles. The van der Waals surface area contributed by atoms with E-state index in [0.717, 1.165) is 6.07 Å². The summed E-state index contributed by atoms with van der Waals surface area (Å²) in [4.78, 5) is 27.8. The summed E-state index contributed by atoms with van der Waals surface area (Å²) < 4.78 is 19.2. The highest BCUT2D eigenvalue weighted by Crippen LogP contribution is 2.28. The van der Waals surface area contributed by atoms with Gasteiger partial charge in [0.1, 0.15) is 17.1 Å². The molecule has 0 aliphatic rings. The van der Waals surface area contributed by atoms with Gasteiger partial charge in [0.25, 0.3) is 5.91 Å². The number of aromatic carboxylic acids is 1. The highest BCUT2D eigenvalue weighted by molar-refractivity contribution is 6.31. The maximum absolute atomic E-state index is 13.7. The molecule has 1 amide bonds. The molecule has 0 aliphatic carbocycles. The fourth-order valence-corrected chi connectivity index (χ4v) is 2.87. The maximum atomic E-state index is 13.7. The second-order valence-electron chi connectivity index (χ2n) is 6.31. The van der Waals surface area contributed by atoms with Crippen LogP contribution in [0.4, 0.5) is 4.39 Å². The van der Waals surface area contributed by atoms with Crippen molar-refractivity contribution in [2.45, 2.75) is 13.0 Å². The molecule has 3 aromatic rings. The number of hydrogen-bond acceptors (Lipinski definition) is 4. The lowest BCUT2D eigenvalue weighted by molar-refractivity contribution is 0.0696. The molecule has 6 nitrogen and oxygen atoms in total. The molecule has 0 saturated heterocycles. The van der Waals surface area contributed by atoms with Crippen molar-refractivity contribution in [2.75, 3.05) is 0 Å². The molecule has 3 rings (SSSR count). The summed E-state index contributed by atoms with van der Waals surface area (Å²) in [6, 6.07) is 10.9. The number of aromatic nitrogens is 1. The largest absolute Gasteiger partial charge is 0.478 e. The molecule has 1 unspecified atom stereocenters. The van der Waals surface area contributed by atoms with E-state index in [9.17, 15) is 14.0 Å². The van der Waals surface area contributed by atoms with Gasteiger partial charge in [-0.15, -0.1) is 0 Å². The smallest absolute Gasteiger partial charge is 0.335 e. The van der Waals surface area contributed by atoms with E-state index >= 15 is 0 Å². The van der Waals surface area contributed by atoms with Crippen LogP contribution >= 0.6 is 23.2 Å². The number of nitrogens with one attached hydrogen (secondary N) is 1. The summed E-state index contributed by atoms with van der Waals surface area (Å²) in [5.74, 6) is -2.19. The van der Waals surface area contributed by atoms with Gasteiger partial charge in [0.05, 0.1) is 21.7 Å². The summed E-state index contributed by atoms with van der Waals surface area (Å²) in [6.45, 7) is 1.74. The Morgan fingerprint density at radius 1 is 1.13 bits per heavy atom. The van der Waals surface area contributed by atoms with Crippen molar-refractivity contribution in [3.63, 3.8) is 0 Å². The van der Waals surface area contributed by atoms with Crippen LogP contribution < -0.4 is 10.1 Å². The second-order valence-corrected chi connectivity index (χ2v) is 7.15. The minimum atomic E-state index is -1.04. The number of rotatable bonds is 6. The van der Waals surface area contributed by atoms with Crippen LogP contribution in [0.1, 0.15) is 39.2 Å². The first-order chi connectivity index (χ1) is 14.2. The molecule has 0 aliphatic heterocycles. The highest BCUT2D eigenvalue weighted by Gasteiger charge is 2.19. The van der Waals surface area contributed by atoms with Gasteiger partial charge in [-0.25, -0.2) is 14.2 Å². The number of carbonyl (C=O) groups is 2. The monoisotopic (exact) mass is 448 g/mol. The van der Waals surface area contributed by atoms with E-state index in [1.54, 1.807) is 19.1 Å². The van der Waals surface area contributed by atoms with Crippen molar-refractivity contribution in [3.05, 3.63) is 87.3 Å². The van der Waals surface area contributed by atoms with E-state index < -0.39 is 23.7 Å². The van der Waals surface area contributed by atoms with E-state index in [-0.39, 0.29) is 32.8 Å². The standard InChI is InChI=1S/C21H15Cl2FN2O4/c1-11(12-2-4-13(5-3-12)21(28)29)26-19(27)16-8-14(22)10-25-20(16)30-15-6-7-17(23)18(24)9-15/h2-11H,1H3,(H,26,27)(H,28,29). The first-order valence-electron chi connectivity index (χ1n) is 8.67. The van der Waals surface area contributed by atoms with Crippen LogP contribution in [-0.2, 0) is 0 Å². The third kappa shape index (κ3) is 5.06. The molecule has 0 radical (unpaired) electrons. The van der Waals surface area contributed by atoms with Crippen molar-refractivity contribution in [3.8, 4) is 11.6 Å². The summed E-state index contributed by atoms with van der Waals surface area (Å²) in [7, 11) is 0. The lowest BCUT2D eigenvalue weighted by Crippen LogP contribution is -2.27. The van der Waals surface area contributed by atoms with E-state index in [1.165, 1.54) is 36.5 Å². The van der Waals surface area contributed by atoms with Crippen LogP contribution in [0.3, 0.4) is 0 Å². The van der Waals surface area contributed by atoms with Gasteiger partial charge >= 0.3 is 5.97 Å². The van der Waals surface area contributed by atoms with Crippen molar-refractivity contribution in [1.29, 1.82) is 0 Å².